The Morgan fingerprint density at radius 3 is 3.05 bits per heavy atom. The van der Waals surface area contributed by atoms with Crippen LogP contribution in [-0.4, -0.2) is 28.9 Å². The van der Waals surface area contributed by atoms with Gasteiger partial charge in [0.1, 0.15) is 11.9 Å². The van der Waals surface area contributed by atoms with Gasteiger partial charge in [0, 0.05) is 17.0 Å². The molecule has 3 rings (SSSR count). The molecular weight excluding hydrogens is 262 g/mol. The van der Waals surface area contributed by atoms with E-state index in [0.717, 1.165) is 37.1 Å². The molecule has 0 radical (unpaired) electrons. The zero-order chi connectivity index (χ0) is 14.7. The van der Waals surface area contributed by atoms with Gasteiger partial charge in [0.25, 0.3) is 0 Å². The van der Waals surface area contributed by atoms with Gasteiger partial charge in [-0.25, -0.2) is 0 Å². The minimum atomic E-state index is 0.331. The van der Waals surface area contributed by atoms with Crippen molar-refractivity contribution in [1.29, 1.82) is 0 Å². The van der Waals surface area contributed by atoms with Gasteiger partial charge in [-0.05, 0) is 50.8 Å². The van der Waals surface area contributed by atoms with Gasteiger partial charge in [0.2, 0.25) is 0 Å². The molecule has 1 aromatic carbocycles. The molecule has 4 heteroatoms. The Labute approximate surface area is 126 Å². The first-order valence-corrected chi connectivity index (χ1v) is 8.16. The smallest absolute Gasteiger partial charge is 0.123 e. The van der Waals surface area contributed by atoms with E-state index in [-0.39, 0.29) is 0 Å². The molecule has 0 bridgehead atoms. The standard InChI is InChI=1S/C17H25N3O/c1-3-14-15-11-19-20-16(15)8-9-17(14)21-13-7-5-6-12(10-13)18-4-2/h8-9,11-13,18H,3-7,10H2,1-2H3,(H,19,20)/t12-,13-/m1/s1. The van der Waals surface area contributed by atoms with Crippen LogP contribution in [0.1, 0.15) is 45.1 Å². The van der Waals surface area contributed by atoms with Gasteiger partial charge in [0.05, 0.1) is 11.7 Å². The molecule has 1 aliphatic carbocycles. The molecule has 2 atom stereocenters. The van der Waals surface area contributed by atoms with E-state index in [4.69, 9.17) is 4.74 Å². The van der Waals surface area contributed by atoms with Crippen molar-refractivity contribution in [3.63, 3.8) is 0 Å². The molecule has 1 aromatic heterocycles. The van der Waals surface area contributed by atoms with Crippen molar-refractivity contribution in [3.8, 4) is 5.75 Å². The van der Waals surface area contributed by atoms with Crippen LogP contribution in [0.15, 0.2) is 18.3 Å². The number of hydrogen-bond acceptors (Lipinski definition) is 3. The summed E-state index contributed by atoms with van der Waals surface area (Å²) in [7, 11) is 0. The van der Waals surface area contributed by atoms with E-state index < -0.39 is 0 Å². The maximum Gasteiger partial charge on any atom is 0.123 e. The molecule has 0 aliphatic heterocycles. The molecule has 1 fully saturated rings. The lowest BCUT2D eigenvalue weighted by Gasteiger charge is -2.30. The monoisotopic (exact) mass is 287 g/mol. The molecular formula is C17H25N3O. The Kier molecular flexibility index (Phi) is 4.44. The third-order valence-corrected chi connectivity index (χ3v) is 4.46. The van der Waals surface area contributed by atoms with Crippen LogP contribution >= 0.6 is 0 Å². The molecule has 1 saturated carbocycles. The fraction of sp³-hybridized carbons (Fsp3) is 0.588. The van der Waals surface area contributed by atoms with Crippen LogP contribution < -0.4 is 10.1 Å². The first-order chi connectivity index (χ1) is 10.3. The number of aromatic nitrogens is 2. The molecule has 2 aromatic rings. The second-order valence-electron chi connectivity index (χ2n) is 5.89. The van der Waals surface area contributed by atoms with E-state index in [9.17, 15) is 0 Å². The number of H-pyrrole nitrogens is 1. The van der Waals surface area contributed by atoms with E-state index >= 15 is 0 Å². The lowest BCUT2D eigenvalue weighted by molar-refractivity contribution is 0.134. The third-order valence-electron chi connectivity index (χ3n) is 4.46. The van der Waals surface area contributed by atoms with E-state index in [1.165, 1.54) is 23.8 Å². The van der Waals surface area contributed by atoms with Gasteiger partial charge >= 0.3 is 0 Å². The van der Waals surface area contributed by atoms with Crippen molar-refractivity contribution in [2.45, 2.75) is 58.1 Å². The Morgan fingerprint density at radius 2 is 2.24 bits per heavy atom. The van der Waals surface area contributed by atoms with Gasteiger partial charge in [-0.1, -0.05) is 13.8 Å². The highest BCUT2D eigenvalue weighted by molar-refractivity contribution is 5.84. The minimum absolute atomic E-state index is 0.331. The number of nitrogens with one attached hydrogen (secondary N) is 2. The number of ether oxygens (including phenoxy) is 1. The predicted molar refractivity (Wildman–Crippen MR) is 85.8 cm³/mol. The van der Waals surface area contributed by atoms with Crippen molar-refractivity contribution in [3.05, 3.63) is 23.9 Å². The van der Waals surface area contributed by atoms with Crippen LogP contribution in [0.2, 0.25) is 0 Å². The van der Waals surface area contributed by atoms with Crippen molar-refractivity contribution in [2.24, 2.45) is 0 Å². The Balaban J connectivity index is 1.77. The highest BCUT2D eigenvalue weighted by Crippen LogP contribution is 2.31. The van der Waals surface area contributed by atoms with Crippen LogP contribution in [0, 0.1) is 0 Å². The molecule has 0 saturated heterocycles. The fourth-order valence-electron chi connectivity index (χ4n) is 3.44. The highest BCUT2D eigenvalue weighted by atomic mass is 16.5. The van der Waals surface area contributed by atoms with E-state index in [1.54, 1.807) is 0 Å². The Hall–Kier alpha value is -1.55. The summed E-state index contributed by atoms with van der Waals surface area (Å²) in [6, 6.07) is 4.77. The van der Waals surface area contributed by atoms with Crippen molar-refractivity contribution in [1.82, 2.24) is 15.5 Å². The average Bonchev–Trinajstić information content (AvgIpc) is 2.96. The maximum absolute atomic E-state index is 6.35. The first-order valence-electron chi connectivity index (χ1n) is 8.16. The zero-order valence-electron chi connectivity index (χ0n) is 13.0. The van der Waals surface area contributed by atoms with Crippen LogP contribution in [0.4, 0.5) is 0 Å². The summed E-state index contributed by atoms with van der Waals surface area (Å²) in [4.78, 5) is 0. The topological polar surface area (TPSA) is 49.9 Å². The van der Waals surface area contributed by atoms with Crippen molar-refractivity contribution in [2.75, 3.05) is 6.54 Å². The Bertz CT molecular complexity index is 591. The summed E-state index contributed by atoms with van der Waals surface area (Å²) >= 11 is 0. The molecule has 2 N–H and O–H groups in total. The largest absolute Gasteiger partial charge is 0.490 e. The number of benzene rings is 1. The molecule has 1 heterocycles. The summed E-state index contributed by atoms with van der Waals surface area (Å²) in [5.41, 5.74) is 2.36. The average molecular weight is 287 g/mol. The van der Waals surface area contributed by atoms with Crippen LogP contribution in [0.3, 0.4) is 0 Å². The number of aromatic amines is 1. The molecule has 21 heavy (non-hydrogen) atoms. The fourth-order valence-corrected chi connectivity index (χ4v) is 3.44. The van der Waals surface area contributed by atoms with E-state index in [2.05, 4.69) is 41.5 Å². The molecule has 0 amide bonds. The number of nitrogens with zero attached hydrogens (tertiary/aromatic N) is 1. The predicted octanol–water partition coefficient (Wildman–Crippen LogP) is 3.42. The summed E-state index contributed by atoms with van der Waals surface area (Å²) in [6.07, 6.45) is 8.00. The van der Waals surface area contributed by atoms with Crippen molar-refractivity contribution < 1.29 is 4.74 Å². The number of hydrogen-bond donors (Lipinski definition) is 2. The lowest BCUT2D eigenvalue weighted by atomic mass is 9.92. The summed E-state index contributed by atoms with van der Waals surface area (Å²) in [5, 5.41) is 11.9. The van der Waals surface area contributed by atoms with Gasteiger partial charge in [-0.3, -0.25) is 5.10 Å². The summed E-state index contributed by atoms with van der Waals surface area (Å²) in [6.45, 7) is 5.39. The second kappa shape index (κ2) is 6.48. The quantitative estimate of drug-likeness (QED) is 0.886. The van der Waals surface area contributed by atoms with Crippen LogP contribution in [0.25, 0.3) is 10.9 Å². The van der Waals surface area contributed by atoms with Gasteiger partial charge in [-0.2, -0.15) is 5.10 Å². The number of aryl methyl sites for hydroxylation is 1. The summed E-state index contributed by atoms with van der Waals surface area (Å²) in [5.74, 6) is 1.04. The van der Waals surface area contributed by atoms with E-state index in [0.29, 0.717) is 12.1 Å². The van der Waals surface area contributed by atoms with Crippen molar-refractivity contribution >= 4 is 10.9 Å². The highest BCUT2D eigenvalue weighted by Gasteiger charge is 2.23. The van der Waals surface area contributed by atoms with Crippen LogP contribution in [-0.2, 0) is 6.42 Å². The third kappa shape index (κ3) is 3.05. The number of rotatable bonds is 5. The van der Waals surface area contributed by atoms with Crippen LogP contribution in [0.5, 0.6) is 5.75 Å². The molecule has 114 valence electrons. The van der Waals surface area contributed by atoms with Gasteiger partial charge < -0.3 is 10.1 Å². The lowest BCUT2D eigenvalue weighted by Crippen LogP contribution is -2.38. The zero-order valence-corrected chi connectivity index (χ0v) is 13.0. The van der Waals surface area contributed by atoms with Gasteiger partial charge in [0.15, 0.2) is 0 Å². The van der Waals surface area contributed by atoms with Gasteiger partial charge in [-0.15, -0.1) is 0 Å². The normalized spacial score (nSPS) is 22.6. The molecule has 1 aliphatic rings. The molecule has 4 nitrogen and oxygen atoms in total. The summed E-state index contributed by atoms with van der Waals surface area (Å²) < 4.78 is 6.35. The maximum atomic E-state index is 6.35. The SMILES string of the molecule is CCN[C@@H]1CCC[C@@H](Oc2ccc3[nH]ncc3c2CC)C1. The molecule has 0 unspecified atom stereocenters. The van der Waals surface area contributed by atoms with E-state index in [1.807, 2.05) is 6.20 Å². The first kappa shape index (κ1) is 14.4. The Morgan fingerprint density at radius 1 is 1.33 bits per heavy atom. The molecule has 0 spiro atoms. The number of fused-ring (bicyclic) bond motifs is 1. The second-order valence-corrected chi connectivity index (χ2v) is 5.89. The minimum Gasteiger partial charge on any atom is -0.490 e.